The minimum absolute atomic E-state index is 0.509. The Morgan fingerprint density at radius 2 is 1.42 bits per heavy atom. The number of hydrogen-bond donors (Lipinski definition) is 0. The van der Waals surface area contributed by atoms with Crippen LogP contribution in [0.4, 0.5) is 8.96 Å². The maximum atomic E-state index is 12.2. The van der Waals surface area contributed by atoms with E-state index in [4.69, 9.17) is 0 Å². The zero-order valence-electron chi connectivity index (χ0n) is 8.02. The molecule has 0 fully saturated rings. The summed E-state index contributed by atoms with van der Waals surface area (Å²) in [7, 11) is 0. The van der Waals surface area contributed by atoms with Gasteiger partial charge in [0.2, 0.25) is 0 Å². The van der Waals surface area contributed by atoms with E-state index < -0.39 is 11.4 Å². The van der Waals surface area contributed by atoms with E-state index >= 15 is 0 Å². The van der Waals surface area contributed by atoms with Crippen molar-refractivity contribution in [1.29, 1.82) is 0 Å². The monoisotopic (exact) mass is 179 g/mol. The van der Waals surface area contributed by atoms with Crippen LogP contribution in [0.3, 0.4) is 0 Å². The molecule has 0 rings (SSSR count). The van der Waals surface area contributed by atoms with Gasteiger partial charge in [-0.05, 0) is 12.8 Å². The average Bonchev–Trinajstić information content (AvgIpc) is 2.04. The zero-order chi connectivity index (χ0) is 9.40. The molecule has 0 radical (unpaired) electrons. The molecule has 0 bridgehead atoms. The van der Waals surface area contributed by atoms with E-state index in [9.17, 15) is 8.96 Å². The number of halogens is 2. The van der Waals surface area contributed by atoms with Gasteiger partial charge in [-0.25, -0.2) is 0 Å². The van der Waals surface area contributed by atoms with Gasteiger partial charge >= 0.3 is 0 Å². The fourth-order valence-electron chi connectivity index (χ4n) is 1.22. The second kappa shape index (κ2) is 7.47. The van der Waals surface area contributed by atoms with Crippen molar-refractivity contribution in [2.24, 2.45) is 0 Å². The minimum Gasteiger partial charge on any atom is -0.101 e. The van der Waals surface area contributed by atoms with Gasteiger partial charge in [0, 0.05) is 5.34 Å². The van der Waals surface area contributed by atoms with Crippen LogP contribution in [0.1, 0.15) is 52.4 Å². The van der Waals surface area contributed by atoms with Crippen molar-refractivity contribution in [3.05, 3.63) is 0 Å². The van der Waals surface area contributed by atoms with E-state index in [2.05, 4.69) is 0 Å². The smallest absolute Gasteiger partial charge is 0.0730 e. The molecule has 74 valence electrons. The second-order valence-electron chi connectivity index (χ2n) is 3.20. The van der Waals surface area contributed by atoms with Gasteiger partial charge in [0.05, 0.1) is 6.04 Å². The molecule has 0 atom stereocenters. The molecule has 0 aliphatic carbocycles. The number of nitrogens with zero attached hydrogens (tertiary/aromatic N) is 1. The van der Waals surface area contributed by atoms with Crippen LogP contribution >= 0.6 is 0 Å². The fourth-order valence-corrected chi connectivity index (χ4v) is 1.22. The molecule has 0 aromatic heterocycles. The summed E-state index contributed by atoms with van der Waals surface area (Å²) >= 11 is 0. The molecule has 0 spiro atoms. The first kappa shape index (κ1) is 11.8. The molecule has 0 saturated heterocycles. The number of unbranched alkanes of at least 4 members (excludes halogenated alkanes) is 2. The summed E-state index contributed by atoms with van der Waals surface area (Å²) in [6, 6.07) is -0.509. The fraction of sp³-hybridized carbons (Fsp3) is 1.00. The summed E-state index contributed by atoms with van der Waals surface area (Å²) in [5, 5.41) is -0.620. The van der Waals surface area contributed by atoms with Crippen molar-refractivity contribution in [2.45, 2.75) is 58.4 Å². The Balaban J connectivity index is 3.55. The zero-order valence-corrected chi connectivity index (χ0v) is 8.02. The van der Waals surface area contributed by atoms with Gasteiger partial charge < -0.3 is 0 Å². The van der Waals surface area contributed by atoms with E-state index in [1.807, 2.05) is 13.8 Å². The molecule has 0 aromatic rings. The lowest BCUT2D eigenvalue weighted by Crippen LogP contribution is -2.20. The van der Waals surface area contributed by atoms with Gasteiger partial charge in [0.15, 0.2) is 0 Å². The maximum Gasteiger partial charge on any atom is 0.0730 e. The Morgan fingerprint density at radius 1 is 1.00 bits per heavy atom. The third-order valence-corrected chi connectivity index (χ3v) is 2.06. The van der Waals surface area contributed by atoms with E-state index in [1.165, 1.54) is 0 Å². The summed E-state index contributed by atoms with van der Waals surface area (Å²) in [6.07, 6.45) is 5.05. The summed E-state index contributed by atoms with van der Waals surface area (Å²) in [5.41, 5.74) is 0. The SMILES string of the molecule is CCCCC(CCCC)N(F)F. The van der Waals surface area contributed by atoms with E-state index in [0.717, 1.165) is 25.7 Å². The maximum absolute atomic E-state index is 12.2. The molecule has 0 N–H and O–H groups in total. The van der Waals surface area contributed by atoms with E-state index in [-0.39, 0.29) is 0 Å². The van der Waals surface area contributed by atoms with Crippen molar-refractivity contribution in [3.8, 4) is 0 Å². The Labute approximate surface area is 73.6 Å². The topological polar surface area (TPSA) is 3.24 Å². The third-order valence-electron chi connectivity index (χ3n) is 2.06. The first-order chi connectivity index (χ1) is 5.72. The quantitative estimate of drug-likeness (QED) is 0.537. The van der Waals surface area contributed by atoms with Gasteiger partial charge in [-0.2, -0.15) is 0 Å². The van der Waals surface area contributed by atoms with Crippen LogP contribution in [-0.4, -0.2) is 11.4 Å². The third kappa shape index (κ3) is 5.47. The largest absolute Gasteiger partial charge is 0.101 e. The number of hydrogen-bond acceptors (Lipinski definition) is 1. The summed E-state index contributed by atoms with van der Waals surface area (Å²) < 4.78 is 24.4. The first-order valence-corrected chi connectivity index (χ1v) is 4.83. The Hall–Kier alpha value is -0.180. The Kier molecular flexibility index (Phi) is 7.36. The molecule has 0 aliphatic rings. The molecule has 0 unspecified atom stereocenters. The highest BCUT2D eigenvalue weighted by atomic mass is 19.4. The van der Waals surface area contributed by atoms with Crippen molar-refractivity contribution >= 4 is 0 Å². The molecular weight excluding hydrogens is 160 g/mol. The molecule has 0 aromatic carbocycles. The lowest BCUT2D eigenvalue weighted by atomic mass is 10.0. The van der Waals surface area contributed by atoms with Crippen LogP contribution in [0.5, 0.6) is 0 Å². The van der Waals surface area contributed by atoms with Crippen molar-refractivity contribution < 1.29 is 8.96 Å². The molecular formula is C9H19F2N. The van der Waals surface area contributed by atoms with Crippen LogP contribution in [0.2, 0.25) is 0 Å². The summed E-state index contributed by atoms with van der Waals surface area (Å²) in [5.74, 6) is 0. The Bertz CT molecular complexity index is 88.5. The van der Waals surface area contributed by atoms with Crippen LogP contribution in [0.15, 0.2) is 0 Å². The minimum atomic E-state index is -0.620. The highest BCUT2D eigenvalue weighted by molar-refractivity contribution is 4.60. The summed E-state index contributed by atoms with van der Waals surface area (Å²) in [6.45, 7) is 4.05. The molecule has 3 heteroatoms. The standard InChI is InChI=1S/C9H19F2N/c1-3-5-7-9(12(10)11)8-6-4-2/h9H,3-8H2,1-2H3. The van der Waals surface area contributed by atoms with Gasteiger partial charge in [0.1, 0.15) is 0 Å². The van der Waals surface area contributed by atoms with Gasteiger partial charge in [0.25, 0.3) is 0 Å². The molecule has 0 amide bonds. The van der Waals surface area contributed by atoms with Crippen molar-refractivity contribution in [2.75, 3.05) is 0 Å². The lowest BCUT2D eigenvalue weighted by molar-refractivity contribution is -0.190. The molecule has 12 heavy (non-hydrogen) atoms. The Morgan fingerprint density at radius 3 is 1.67 bits per heavy atom. The van der Waals surface area contributed by atoms with Gasteiger partial charge in [-0.15, -0.1) is 8.96 Å². The second-order valence-corrected chi connectivity index (χ2v) is 3.20. The van der Waals surface area contributed by atoms with Crippen molar-refractivity contribution in [3.63, 3.8) is 0 Å². The van der Waals surface area contributed by atoms with E-state index in [1.54, 1.807) is 0 Å². The summed E-state index contributed by atoms with van der Waals surface area (Å²) in [4.78, 5) is 0. The molecule has 0 heterocycles. The predicted molar refractivity (Wildman–Crippen MR) is 46.9 cm³/mol. The van der Waals surface area contributed by atoms with E-state index in [0.29, 0.717) is 12.8 Å². The highest BCUT2D eigenvalue weighted by Crippen LogP contribution is 2.16. The molecule has 0 saturated carbocycles. The van der Waals surface area contributed by atoms with Gasteiger partial charge in [-0.1, -0.05) is 39.5 Å². The molecule has 1 nitrogen and oxygen atoms in total. The first-order valence-electron chi connectivity index (χ1n) is 4.83. The van der Waals surface area contributed by atoms with Crippen LogP contribution < -0.4 is 0 Å². The van der Waals surface area contributed by atoms with Gasteiger partial charge in [-0.3, -0.25) is 0 Å². The lowest BCUT2D eigenvalue weighted by Gasteiger charge is -2.15. The van der Waals surface area contributed by atoms with Crippen LogP contribution in [0, 0.1) is 0 Å². The number of rotatable bonds is 7. The molecule has 0 aliphatic heterocycles. The van der Waals surface area contributed by atoms with Crippen LogP contribution in [-0.2, 0) is 0 Å². The predicted octanol–water partition coefficient (Wildman–Crippen LogP) is 3.81. The average molecular weight is 179 g/mol. The van der Waals surface area contributed by atoms with Crippen molar-refractivity contribution in [1.82, 2.24) is 5.34 Å². The van der Waals surface area contributed by atoms with Crippen LogP contribution in [0.25, 0.3) is 0 Å². The normalized spacial score (nSPS) is 11.5. The highest BCUT2D eigenvalue weighted by Gasteiger charge is 2.16.